The molecule has 11 N–H and O–H groups in total. The first kappa shape index (κ1) is 26.6. The molecule has 0 spiro atoms. The molecular formula is C25H32N4O8. The third-order valence-electron chi connectivity index (χ3n) is 7.79. The number of amides is 1. The number of rotatable bonds is 2. The highest BCUT2D eigenvalue weighted by molar-refractivity contribution is 6.24. The minimum absolute atomic E-state index is 0.0789. The number of fused-ring (bicyclic) bond motifs is 3. The van der Waals surface area contributed by atoms with Crippen molar-refractivity contribution in [2.45, 2.75) is 50.0 Å². The number of aliphatic hydroxyl groups excluding tert-OH is 3. The van der Waals surface area contributed by atoms with Crippen LogP contribution in [0, 0.1) is 11.8 Å². The van der Waals surface area contributed by atoms with Gasteiger partial charge in [-0.1, -0.05) is 20.8 Å². The van der Waals surface area contributed by atoms with Crippen molar-refractivity contribution in [1.29, 1.82) is 0 Å². The van der Waals surface area contributed by atoms with Crippen LogP contribution in [0.1, 0.15) is 43.5 Å². The van der Waals surface area contributed by atoms with E-state index in [-0.39, 0.29) is 16.8 Å². The second kappa shape index (κ2) is 8.02. The summed E-state index contributed by atoms with van der Waals surface area (Å²) in [4.78, 5) is 40.4. The molecule has 0 heterocycles. The van der Waals surface area contributed by atoms with E-state index >= 15 is 0 Å². The number of nitrogen functional groups attached to an aromatic ring is 1. The molecule has 0 radical (unpaired) electrons. The maximum Gasteiger partial charge on any atom is 0.255 e. The summed E-state index contributed by atoms with van der Waals surface area (Å²) < 4.78 is 0. The lowest BCUT2D eigenvalue weighted by Crippen LogP contribution is -2.70. The van der Waals surface area contributed by atoms with Crippen LogP contribution < -0.4 is 17.2 Å². The van der Waals surface area contributed by atoms with Crippen molar-refractivity contribution >= 4 is 28.9 Å². The van der Waals surface area contributed by atoms with E-state index < -0.39 is 86.9 Å². The molecule has 3 aliphatic rings. The van der Waals surface area contributed by atoms with E-state index in [9.17, 15) is 39.9 Å². The molecule has 6 atom stereocenters. The topological polar surface area (TPSA) is 234 Å². The van der Waals surface area contributed by atoms with Crippen molar-refractivity contribution in [1.82, 2.24) is 4.90 Å². The molecule has 0 saturated heterocycles. The number of phenolic OH excluding ortho intramolecular Hbond substituents is 1. The van der Waals surface area contributed by atoms with Crippen LogP contribution in [0.5, 0.6) is 5.75 Å². The van der Waals surface area contributed by atoms with Gasteiger partial charge in [-0.15, -0.1) is 0 Å². The van der Waals surface area contributed by atoms with Crippen molar-refractivity contribution in [3.05, 3.63) is 39.7 Å². The predicted molar refractivity (Wildman–Crippen MR) is 132 cm³/mol. The Kier molecular flexibility index (Phi) is 5.77. The number of phenols is 1. The summed E-state index contributed by atoms with van der Waals surface area (Å²) in [6, 6.07) is -1.22. The zero-order valence-corrected chi connectivity index (χ0v) is 21.1. The van der Waals surface area contributed by atoms with Gasteiger partial charge >= 0.3 is 0 Å². The van der Waals surface area contributed by atoms with Crippen LogP contribution >= 0.6 is 0 Å². The third-order valence-corrected chi connectivity index (χ3v) is 7.79. The monoisotopic (exact) mass is 516 g/mol. The number of anilines is 1. The van der Waals surface area contributed by atoms with Crippen molar-refractivity contribution in [2.75, 3.05) is 19.8 Å². The lowest BCUT2D eigenvalue weighted by molar-refractivity contribution is -0.169. The number of likely N-dealkylation sites (N-methyl/N-ethyl adjacent to an activating group) is 1. The average molecular weight is 517 g/mol. The molecule has 0 aromatic heterocycles. The number of aliphatic hydroxyl groups is 4. The smallest absolute Gasteiger partial charge is 0.255 e. The van der Waals surface area contributed by atoms with Crippen molar-refractivity contribution < 1.29 is 39.9 Å². The van der Waals surface area contributed by atoms with Gasteiger partial charge in [0.25, 0.3) is 5.91 Å². The Morgan fingerprint density at radius 1 is 1.14 bits per heavy atom. The highest BCUT2D eigenvalue weighted by atomic mass is 16.4. The molecule has 12 heteroatoms. The molecule has 1 aromatic carbocycles. The zero-order valence-electron chi connectivity index (χ0n) is 21.1. The second-order valence-electron chi connectivity index (χ2n) is 11.2. The van der Waals surface area contributed by atoms with Crippen LogP contribution in [0.25, 0.3) is 5.76 Å². The second-order valence-corrected chi connectivity index (χ2v) is 11.2. The lowest BCUT2D eigenvalue weighted by atomic mass is 9.55. The van der Waals surface area contributed by atoms with Gasteiger partial charge in [0.2, 0.25) is 5.78 Å². The Hall–Kier alpha value is -3.45. The molecule has 0 bridgehead atoms. The Morgan fingerprint density at radius 3 is 2.19 bits per heavy atom. The van der Waals surface area contributed by atoms with Crippen LogP contribution in [0.2, 0.25) is 0 Å². The van der Waals surface area contributed by atoms with Crippen LogP contribution in [0.3, 0.4) is 0 Å². The summed E-state index contributed by atoms with van der Waals surface area (Å²) in [5, 5.41) is 56.6. The summed E-state index contributed by atoms with van der Waals surface area (Å²) in [6.45, 7) is 5.38. The van der Waals surface area contributed by atoms with Gasteiger partial charge in [-0.25, -0.2) is 0 Å². The van der Waals surface area contributed by atoms with Gasteiger partial charge in [-0.05, 0) is 25.6 Å². The summed E-state index contributed by atoms with van der Waals surface area (Å²) in [5.74, 6) is -9.24. The molecule has 4 rings (SSSR count). The normalized spacial score (nSPS) is 31.9. The quantitative estimate of drug-likeness (QED) is 0.139. The number of hydrogen-bond donors (Lipinski definition) is 8. The Bertz CT molecular complexity index is 1320. The number of nitrogens with two attached hydrogens (primary N) is 3. The Balaban J connectivity index is 2.10. The maximum absolute atomic E-state index is 13.9. The summed E-state index contributed by atoms with van der Waals surface area (Å²) >= 11 is 0. The molecular weight excluding hydrogens is 484 g/mol. The van der Waals surface area contributed by atoms with E-state index in [2.05, 4.69) is 0 Å². The van der Waals surface area contributed by atoms with E-state index in [0.717, 1.165) is 0 Å². The van der Waals surface area contributed by atoms with E-state index in [0.29, 0.717) is 5.56 Å². The molecule has 12 nitrogen and oxygen atoms in total. The van der Waals surface area contributed by atoms with Crippen LogP contribution in [-0.4, -0.2) is 79.7 Å². The van der Waals surface area contributed by atoms with Crippen LogP contribution in [-0.2, 0) is 19.8 Å². The predicted octanol–water partition coefficient (Wildman–Crippen LogP) is -0.728. The lowest BCUT2D eigenvalue weighted by Gasteiger charge is -2.53. The summed E-state index contributed by atoms with van der Waals surface area (Å²) in [7, 11) is 2.84. The number of hydrogen-bond acceptors (Lipinski definition) is 11. The minimum Gasteiger partial charge on any atom is -0.508 e. The molecule has 1 amide bonds. The molecule has 0 aliphatic heterocycles. The fourth-order valence-corrected chi connectivity index (χ4v) is 6.09. The molecule has 37 heavy (non-hydrogen) atoms. The minimum atomic E-state index is -3.01. The number of carbonyl (C=O) groups is 3. The fourth-order valence-electron chi connectivity index (χ4n) is 6.09. The average Bonchev–Trinajstić information content (AvgIpc) is 2.76. The molecule has 1 aromatic rings. The number of primary amides is 1. The van der Waals surface area contributed by atoms with Crippen molar-refractivity contribution in [2.24, 2.45) is 23.3 Å². The molecule has 0 unspecified atom stereocenters. The standard InChI is InChI=1S/C25H32N4O8/c1-24(2,3)7-6-8(26)9-11(17(7)30)18(31)12-10(15(9)27)19(32)14-16(29(4)5)20(33)13(23(28)36)22(35)25(14,37)21(12)34/h6,10,14-16,19,30-32,35,37H,26-27H2,1-5H3,(H2,28,36)/t10-,14+,15-,16-,19-,25-/m0/s1. The first-order chi connectivity index (χ1) is 16.9. The highest BCUT2D eigenvalue weighted by Gasteiger charge is 2.68. The third kappa shape index (κ3) is 3.26. The van der Waals surface area contributed by atoms with E-state index in [1.165, 1.54) is 25.1 Å². The van der Waals surface area contributed by atoms with E-state index in [4.69, 9.17) is 17.2 Å². The van der Waals surface area contributed by atoms with Gasteiger partial charge in [-0.2, -0.15) is 0 Å². The maximum atomic E-state index is 13.9. The van der Waals surface area contributed by atoms with Gasteiger partial charge in [0, 0.05) is 34.3 Å². The molecule has 200 valence electrons. The van der Waals surface area contributed by atoms with Crippen molar-refractivity contribution in [3.8, 4) is 5.75 Å². The number of Topliss-reactive ketones (excluding diaryl/α,β-unsaturated/α-hetero) is 2. The largest absolute Gasteiger partial charge is 0.508 e. The number of nitrogens with zero attached hydrogens (tertiary/aromatic N) is 1. The van der Waals surface area contributed by atoms with Crippen molar-refractivity contribution in [3.63, 3.8) is 0 Å². The number of ketones is 2. The summed E-state index contributed by atoms with van der Waals surface area (Å²) in [5.41, 5.74) is 13.2. The molecule has 1 saturated carbocycles. The SMILES string of the molecule is CN(C)[C@@H]1C(=O)C(C(N)=O)=C(O)[C@@]2(O)C(=O)C3=C(O)c4c(O)c(C(C)(C)C)cc(N)c4[C@H](N)[C@H]3[C@H](O)[C@@H]12. The highest BCUT2D eigenvalue weighted by Crippen LogP contribution is 2.56. The summed E-state index contributed by atoms with van der Waals surface area (Å²) in [6.07, 6.45) is -1.79. The van der Waals surface area contributed by atoms with Crippen LogP contribution in [0.15, 0.2) is 23.0 Å². The van der Waals surface area contributed by atoms with Gasteiger partial charge < -0.3 is 42.7 Å². The Morgan fingerprint density at radius 2 is 1.70 bits per heavy atom. The van der Waals surface area contributed by atoms with Gasteiger partial charge in [0.05, 0.1) is 23.6 Å². The molecule has 1 fully saturated rings. The first-order valence-electron chi connectivity index (χ1n) is 11.6. The zero-order chi connectivity index (χ0) is 28.1. The first-order valence-corrected chi connectivity index (χ1v) is 11.6. The Labute approximate surface area is 212 Å². The van der Waals surface area contributed by atoms with Gasteiger partial charge in [0.1, 0.15) is 22.8 Å². The van der Waals surface area contributed by atoms with E-state index in [1.54, 1.807) is 20.8 Å². The van der Waals surface area contributed by atoms with E-state index in [1.807, 2.05) is 0 Å². The van der Waals surface area contributed by atoms with Gasteiger partial charge in [0.15, 0.2) is 11.4 Å². The van der Waals surface area contributed by atoms with Crippen LogP contribution in [0.4, 0.5) is 5.69 Å². The fraction of sp³-hybridized carbons (Fsp3) is 0.480. The number of carbonyl (C=O) groups excluding carboxylic acids is 3. The molecule has 3 aliphatic carbocycles. The van der Waals surface area contributed by atoms with Gasteiger partial charge in [-0.3, -0.25) is 19.3 Å². The number of benzene rings is 1. The number of aromatic hydroxyl groups is 1.